The normalized spacial score (nSPS) is 11.7. The maximum absolute atomic E-state index is 12.6. The predicted octanol–water partition coefficient (Wildman–Crippen LogP) is 4.62. The molecule has 3 aromatic heterocycles. The average Bonchev–Trinajstić information content (AvgIpc) is 3.03. The summed E-state index contributed by atoms with van der Waals surface area (Å²) in [5.41, 5.74) is 5.52. The number of benzene rings is 1. The number of thiophene rings is 1. The van der Waals surface area contributed by atoms with Crippen molar-refractivity contribution in [3.8, 4) is 11.4 Å². The van der Waals surface area contributed by atoms with Crippen LogP contribution < -0.4 is 5.56 Å². The molecular formula is C19H19N3OS. The number of aromatic amines is 2. The molecule has 3 heterocycles. The van der Waals surface area contributed by atoms with E-state index in [-0.39, 0.29) is 5.56 Å². The van der Waals surface area contributed by atoms with Gasteiger partial charge in [-0.2, -0.15) is 0 Å². The highest BCUT2D eigenvalue weighted by Crippen LogP contribution is 2.30. The number of nitrogens with one attached hydrogen (secondary N) is 2. The van der Waals surface area contributed by atoms with E-state index in [4.69, 9.17) is 4.98 Å². The lowest BCUT2D eigenvalue weighted by Gasteiger charge is -2.03. The standard InChI is InChI=1S/C19H19N3OS/c1-5-13-11(4)24-19-16(13)18(23)21-17(22-19)12-6-7-15-14(8-12)9(2)10(3)20-15/h6-8,20H,5H2,1-4H3,(H,21,22,23). The molecule has 0 aliphatic heterocycles. The Hall–Kier alpha value is -2.40. The topological polar surface area (TPSA) is 61.5 Å². The zero-order chi connectivity index (χ0) is 17.0. The van der Waals surface area contributed by atoms with E-state index in [1.807, 2.05) is 12.1 Å². The molecule has 4 nitrogen and oxygen atoms in total. The van der Waals surface area contributed by atoms with Gasteiger partial charge in [0.2, 0.25) is 0 Å². The number of rotatable bonds is 2. The Balaban J connectivity index is 1.96. The van der Waals surface area contributed by atoms with E-state index in [0.29, 0.717) is 5.82 Å². The Kier molecular flexibility index (Phi) is 3.35. The summed E-state index contributed by atoms with van der Waals surface area (Å²) in [4.78, 5) is 25.7. The zero-order valence-corrected chi connectivity index (χ0v) is 15.0. The van der Waals surface area contributed by atoms with Gasteiger partial charge in [-0.1, -0.05) is 6.92 Å². The number of aryl methyl sites for hydroxylation is 4. The molecule has 0 atom stereocenters. The van der Waals surface area contributed by atoms with Crippen LogP contribution in [-0.2, 0) is 6.42 Å². The fourth-order valence-electron chi connectivity index (χ4n) is 3.35. The van der Waals surface area contributed by atoms with Gasteiger partial charge in [0.15, 0.2) is 0 Å². The van der Waals surface area contributed by atoms with Crippen molar-refractivity contribution in [2.45, 2.75) is 34.1 Å². The second-order valence-electron chi connectivity index (χ2n) is 6.22. The number of H-pyrrole nitrogens is 2. The lowest BCUT2D eigenvalue weighted by atomic mass is 10.1. The van der Waals surface area contributed by atoms with Crippen molar-refractivity contribution < 1.29 is 0 Å². The predicted molar refractivity (Wildman–Crippen MR) is 101 cm³/mol. The highest BCUT2D eigenvalue weighted by molar-refractivity contribution is 7.18. The molecule has 2 N–H and O–H groups in total. The van der Waals surface area contributed by atoms with Crippen LogP contribution in [0.15, 0.2) is 23.0 Å². The van der Waals surface area contributed by atoms with Crippen molar-refractivity contribution in [2.24, 2.45) is 0 Å². The van der Waals surface area contributed by atoms with Crippen LogP contribution in [0.4, 0.5) is 0 Å². The Morgan fingerprint density at radius 1 is 1.17 bits per heavy atom. The molecule has 0 unspecified atom stereocenters. The summed E-state index contributed by atoms with van der Waals surface area (Å²) >= 11 is 1.60. The van der Waals surface area contributed by atoms with Gasteiger partial charge in [0.1, 0.15) is 10.7 Å². The van der Waals surface area contributed by atoms with E-state index >= 15 is 0 Å². The van der Waals surface area contributed by atoms with E-state index < -0.39 is 0 Å². The summed E-state index contributed by atoms with van der Waals surface area (Å²) in [5, 5.41) is 1.92. The van der Waals surface area contributed by atoms with E-state index in [0.717, 1.165) is 33.3 Å². The maximum Gasteiger partial charge on any atom is 0.260 e. The van der Waals surface area contributed by atoms with Gasteiger partial charge in [-0.15, -0.1) is 11.3 Å². The highest BCUT2D eigenvalue weighted by Gasteiger charge is 2.15. The molecule has 0 aliphatic carbocycles. The molecule has 0 saturated heterocycles. The maximum atomic E-state index is 12.6. The molecule has 0 bridgehead atoms. The third kappa shape index (κ3) is 2.12. The molecule has 0 spiro atoms. The van der Waals surface area contributed by atoms with Crippen LogP contribution in [0.2, 0.25) is 0 Å². The molecule has 0 amide bonds. The minimum absolute atomic E-state index is 0.0433. The second kappa shape index (κ2) is 5.31. The minimum Gasteiger partial charge on any atom is -0.358 e. The number of hydrogen-bond donors (Lipinski definition) is 2. The Morgan fingerprint density at radius 3 is 2.71 bits per heavy atom. The zero-order valence-electron chi connectivity index (χ0n) is 14.2. The van der Waals surface area contributed by atoms with Gasteiger partial charge in [0.05, 0.1) is 5.39 Å². The molecule has 0 radical (unpaired) electrons. The first-order chi connectivity index (χ1) is 11.5. The monoisotopic (exact) mass is 337 g/mol. The number of hydrogen-bond acceptors (Lipinski definition) is 3. The molecule has 0 aliphatic rings. The van der Waals surface area contributed by atoms with Crippen LogP contribution in [0, 0.1) is 20.8 Å². The molecular weight excluding hydrogens is 318 g/mol. The lowest BCUT2D eigenvalue weighted by molar-refractivity contribution is 1.13. The molecule has 122 valence electrons. The van der Waals surface area contributed by atoms with Gasteiger partial charge >= 0.3 is 0 Å². The highest BCUT2D eigenvalue weighted by atomic mass is 32.1. The first kappa shape index (κ1) is 15.1. The van der Waals surface area contributed by atoms with Gasteiger partial charge < -0.3 is 9.97 Å². The Bertz CT molecular complexity index is 1150. The van der Waals surface area contributed by atoms with Crippen LogP contribution in [0.25, 0.3) is 32.5 Å². The first-order valence-electron chi connectivity index (χ1n) is 8.11. The van der Waals surface area contributed by atoms with Crippen LogP contribution in [0.5, 0.6) is 0 Å². The Morgan fingerprint density at radius 2 is 1.96 bits per heavy atom. The fourth-order valence-corrected chi connectivity index (χ4v) is 4.46. The van der Waals surface area contributed by atoms with Crippen molar-refractivity contribution >= 4 is 32.5 Å². The number of nitrogens with zero attached hydrogens (tertiary/aromatic N) is 1. The summed E-state index contributed by atoms with van der Waals surface area (Å²) < 4.78 is 0. The third-order valence-corrected chi connectivity index (χ3v) is 5.84. The first-order valence-corrected chi connectivity index (χ1v) is 8.92. The molecule has 5 heteroatoms. The van der Waals surface area contributed by atoms with Gasteiger partial charge in [-0.3, -0.25) is 4.79 Å². The third-order valence-electron chi connectivity index (χ3n) is 4.80. The number of aromatic nitrogens is 3. The van der Waals surface area contributed by atoms with Crippen LogP contribution in [0.3, 0.4) is 0 Å². The molecule has 0 fully saturated rings. The van der Waals surface area contributed by atoms with Crippen molar-refractivity contribution in [3.63, 3.8) is 0 Å². The van der Waals surface area contributed by atoms with E-state index in [1.165, 1.54) is 21.5 Å². The van der Waals surface area contributed by atoms with Crippen LogP contribution in [-0.4, -0.2) is 15.0 Å². The smallest absolute Gasteiger partial charge is 0.260 e. The van der Waals surface area contributed by atoms with Crippen LogP contribution in [0.1, 0.15) is 28.6 Å². The van der Waals surface area contributed by atoms with Crippen molar-refractivity contribution in [3.05, 3.63) is 50.3 Å². The summed E-state index contributed by atoms with van der Waals surface area (Å²) in [6, 6.07) is 6.15. The van der Waals surface area contributed by atoms with E-state index in [9.17, 15) is 4.79 Å². The largest absolute Gasteiger partial charge is 0.358 e. The van der Waals surface area contributed by atoms with Gasteiger partial charge in [0, 0.05) is 27.0 Å². The van der Waals surface area contributed by atoms with Gasteiger partial charge in [-0.25, -0.2) is 4.98 Å². The SMILES string of the molecule is CCc1c(C)sc2nc(-c3ccc4[nH]c(C)c(C)c4c3)[nH]c(=O)c12. The van der Waals surface area contributed by atoms with Crippen molar-refractivity contribution in [1.29, 1.82) is 0 Å². The second-order valence-corrected chi connectivity index (χ2v) is 7.42. The van der Waals surface area contributed by atoms with Crippen molar-refractivity contribution in [1.82, 2.24) is 15.0 Å². The van der Waals surface area contributed by atoms with Crippen LogP contribution >= 0.6 is 11.3 Å². The molecule has 24 heavy (non-hydrogen) atoms. The molecule has 1 aromatic carbocycles. The summed E-state index contributed by atoms with van der Waals surface area (Å²) in [6.45, 7) is 8.31. The summed E-state index contributed by atoms with van der Waals surface area (Å²) in [5.74, 6) is 0.636. The van der Waals surface area contributed by atoms with E-state index in [1.54, 1.807) is 11.3 Å². The molecule has 0 saturated carbocycles. The molecule has 4 aromatic rings. The van der Waals surface area contributed by atoms with Gasteiger partial charge in [-0.05, 0) is 56.5 Å². The Labute approximate surface area is 143 Å². The minimum atomic E-state index is -0.0433. The number of fused-ring (bicyclic) bond motifs is 2. The lowest BCUT2D eigenvalue weighted by Crippen LogP contribution is -2.09. The van der Waals surface area contributed by atoms with Gasteiger partial charge in [0.25, 0.3) is 5.56 Å². The van der Waals surface area contributed by atoms with E-state index in [2.05, 4.69) is 43.7 Å². The summed E-state index contributed by atoms with van der Waals surface area (Å²) in [7, 11) is 0. The fraction of sp³-hybridized carbons (Fsp3) is 0.263. The summed E-state index contributed by atoms with van der Waals surface area (Å²) in [6.07, 6.45) is 0.851. The average molecular weight is 337 g/mol. The quantitative estimate of drug-likeness (QED) is 0.560. The van der Waals surface area contributed by atoms with Crippen molar-refractivity contribution in [2.75, 3.05) is 0 Å². The molecule has 4 rings (SSSR count).